The van der Waals surface area contributed by atoms with Gasteiger partial charge < -0.3 is 9.15 Å². The number of benzene rings is 1. The molecule has 0 N–H and O–H groups in total. The van der Waals surface area contributed by atoms with E-state index in [0.29, 0.717) is 29.8 Å². The summed E-state index contributed by atoms with van der Waals surface area (Å²) in [6.45, 7) is 6.02. The van der Waals surface area contributed by atoms with Gasteiger partial charge in [-0.25, -0.2) is 9.78 Å². The molecule has 2 aromatic heterocycles. The largest absolute Gasteiger partial charge is 0.462 e. The van der Waals surface area contributed by atoms with Gasteiger partial charge in [0.25, 0.3) is 0 Å². The number of hydrogen-bond donors (Lipinski definition) is 0. The summed E-state index contributed by atoms with van der Waals surface area (Å²) in [4.78, 5) is 17.9. The molecule has 0 radical (unpaired) electrons. The Labute approximate surface area is 144 Å². The van der Waals surface area contributed by atoms with Crippen molar-refractivity contribution in [2.45, 2.75) is 39.0 Å². The Kier molecular flexibility index (Phi) is 3.68. The molecule has 4 nitrogen and oxygen atoms in total. The van der Waals surface area contributed by atoms with Gasteiger partial charge in [-0.1, -0.05) is 6.07 Å². The molecular formula is C19H19NO3S. The fourth-order valence-electron chi connectivity index (χ4n) is 3.35. The van der Waals surface area contributed by atoms with E-state index in [4.69, 9.17) is 9.15 Å². The molecule has 1 aromatic carbocycles. The number of thiazole rings is 1. The molecule has 0 bridgehead atoms. The Hall–Kier alpha value is -2.14. The summed E-state index contributed by atoms with van der Waals surface area (Å²) < 4.78 is 10.9. The fraction of sp³-hybridized carbons (Fsp3) is 0.368. The zero-order valence-electron chi connectivity index (χ0n) is 14.0. The fourth-order valence-corrected chi connectivity index (χ4v) is 4.32. The maximum absolute atomic E-state index is 12.2. The number of carbonyl (C=O) groups excluding carboxylic acids is 1. The number of rotatable bonds is 4. The molecule has 0 spiro atoms. The molecular weight excluding hydrogens is 322 g/mol. The molecule has 0 aliphatic heterocycles. The van der Waals surface area contributed by atoms with Crippen molar-refractivity contribution in [3.05, 3.63) is 51.2 Å². The molecule has 0 saturated heterocycles. The van der Waals surface area contributed by atoms with Crippen molar-refractivity contribution in [3.63, 3.8) is 0 Å². The summed E-state index contributed by atoms with van der Waals surface area (Å²) in [5.41, 5.74) is 2.55. The molecule has 0 amide bonds. The van der Waals surface area contributed by atoms with Crippen molar-refractivity contribution < 1.29 is 13.9 Å². The molecule has 4 rings (SSSR count). The lowest BCUT2D eigenvalue weighted by atomic mass is 10.0. The van der Waals surface area contributed by atoms with Crippen molar-refractivity contribution in [1.29, 1.82) is 0 Å². The smallest absolute Gasteiger partial charge is 0.342 e. The van der Waals surface area contributed by atoms with Gasteiger partial charge in [0.1, 0.15) is 16.9 Å². The van der Waals surface area contributed by atoms with Gasteiger partial charge in [0.15, 0.2) is 0 Å². The summed E-state index contributed by atoms with van der Waals surface area (Å²) in [5, 5.41) is 1.97. The topological polar surface area (TPSA) is 52.3 Å². The summed E-state index contributed by atoms with van der Waals surface area (Å²) in [6.07, 6.45) is 3.13. The van der Waals surface area contributed by atoms with Crippen LogP contribution >= 0.6 is 11.3 Å². The first-order valence-electron chi connectivity index (χ1n) is 8.21. The maximum atomic E-state index is 12.2. The minimum Gasteiger partial charge on any atom is -0.462 e. The Balaban J connectivity index is 1.68. The summed E-state index contributed by atoms with van der Waals surface area (Å²) in [6, 6.07) is 6.17. The Morgan fingerprint density at radius 3 is 2.92 bits per heavy atom. The van der Waals surface area contributed by atoms with Crippen LogP contribution in [0.5, 0.6) is 0 Å². The molecule has 2 heterocycles. The van der Waals surface area contributed by atoms with Gasteiger partial charge in [-0.05, 0) is 50.8 Å². The number of aromatic nitrogens is 1. The van der Waals surface area contributed by atoms with Gasteiger partial charge in [0.05, 0.1) is 11.6 Å². The van der Waals surface area contributed by atoms with E-state index >= 15 is 0 Å². The van der Waals surface area contributed by atoms with Gasteiger partial charge in [0.2, 0.25) is 0 Å². The van der Waals surface area contributed by atoms with Crippen LogP contribution in [0.1, 0.15) is 56.7 Å². The number of hydrogen-bond acceptors (Lipinski definition) is 5. The van der Waals surface area contributed by atoms with E-state index in [2.05, 4.69) is 17.1 Å². The van der Waals surface area contributed by atoms with Crippen LogP contribution in [-0.4, -0.2) is 17.6 Å². The Morgan fingerprint density at radius 2 is 2.21 bits per heavy atom. The number of ether oxygens (including phenoxy) is 1. The van der Waals surface area contributed by atoms with Gasteiger partial charge in [0, 0.05) is 22.4 Å². The minimum absolute atomic E-state index is 0.309. The highest BCUT2D eigenvalue weighted by Gasteiger charge is 2.41. The molecule has 124 valence electrons. The molecule has 1 aliphatic carbocycles. The number of fused-ring (bicyclic) bond motifs is 1. The van der Waals surface area contributed by atoms with E-state index in [9.17, 15) is 4.79 Å². The zero-order valence-corrected chi connectivity index (χ0v) is 14.8. The SMILES string of the molecule is CCOC(=O)c1c(C)oc2ccc(C3CC3c3cnc(C)s3)cc12. The molecule has 24 heavy (non-hydrogen) atoms. The van der Waals surface area contributed by atoms with Crippen LogP contribution in [0.3, 0.4) is 0 Å². The monoisotopic (exact) mass is 341 g/mol. The van der Waals surface area contributed by atoms with Gasteiger partial charge >= 0.3 is 5.97 Å². The zero-order chi connectivity index (χ0) is 16.8. The van der Waals surface area contributed by atoms with Crippen LogP contribution in [0.2, 0.25) is 0 Å². The van der Waals surface area contributed by atoms with Crippen molar-refractivity contribution in [1.82, 2.24) is 4.98 Å². The lowest BCUT2D eigenvalue weighted by Gasteiger charge is -2.02. The third-order valence-electron chi connectivity index (χ3n) is 4.59. The average molecular weight is 341 g/mol. The van der Waals surface area contributed by atoms with E-state index in [1.165, 1.54) is 10.4 Å². The second-order valence-electron chi connectivity index (χ2n) is 6.24. The number of carbonyl (C=O) groups is 1. The molecule has 2 atom stereocenters. The Bertz CT molecular complexity index is 924. The van der Waals surface area contributed by atoms with Gasteiger partial charge in [-0.2, -0.15) is 0 Å². The predicted octanol–water partition coefficient (Wildman–Crippen LogP) is 4.95. The molecule has 2 unspecified atom stereocenters. The number of aryl methyl sites for hydroxylation is 2. The summed E-state index contributed by atoms with van der Waals surface area (Å²) in [5.74, 6) is 1.36. The van der Waals surface area contributed by atoms with Crippen molar-refractivity contribution >= 4 is 28.3 Å². The summed E-state index contributed by atoms with van der Waals surface area (Å²) >= 11 is 1.78. The predicted molar refractivity (Wildman–Crippen MR) is 93.9 cm³/mol. The molecule has 3 aromatic rings. The van der Waals surface area contributed by atoms with Crippen LogP contribution in [0.15, 0.2) is 28.8 Å². The van der Waals surface area contributed by atoms with Crippen LogP contribution < -0.4 is 0 Å². The van der Waals surface area contributed by atoms with Crippen molar-refractivity contribution in [2.24, 2.45) is 0 Å². The molecule has 1 fully saturated rings. The summed E-state index contributed by atoms with van der Waals surface area (Å²) in [7, 11) is 0. The first kappa shape index (κ1) is 15.4. The first-order chi connectivity index (χ1) is 11.6. The van der Waals surface area contributed by atoms with Crippen molar-refractivity contribution in [3.8, 4) is 0 Å². The van der Waals surface area contributed by atoms with Gasteiger partial charge in [-0.3, -0.25) is 0 Å². The van der Waals surface area contributed by atoms with Gasteiger partial charge in [-0.15, -0.1) is 11.3 Å². The third-order valence-corrected chi connectivity index (χ3v) is 5.64. The van der Waals surface area contributed by atoms with Crippen LogP contribution in [0.4, 0.5) is 0 Å². The second kappa shape index (κ2) is 5.74. The maximum Gasteiger partial charge on any atom is 0.342 e. The van der Waals surface area contributed by atoms with Crippen LogP contribution in [0.25, 0.3) is 11.0 Å². The second-order valence-corrected chi connectivity index (χ2v) is 7.51. The number of nitrogens with zero attached hydrogens (tertiary/aromatic N) is 1. The van der Waals surface area contributed by atoms with E-state index in [0.717, 1.165) is 22.4 Å². The first-order valence-corrected chi connectivity index (χ1v) is 9.02. The van der Waals surface area contributed by atoms with E-state index < -0.39 is 0 Å². The van der Waals surface area contributed by atoms with E-state index in [-0.39, 0.29) is 5.97 Å². The highest BCUT2D eigenvalue weighted by atomic mass is 32.1. The minimum atomic E-state index is -0.309. The van der Waals surface area contributed by atoms with Crippen LogP contribution in [0, 0.1) is 13.8 Å². The lowest BCUT2D eigenvalue weighted by Crippen LogP contribution is -2.05. The third kappa shape index (κ3) is 2.53. The highest BCUT2D eigenvalue weighted by molar-refractivity contribution is 7.11. The van der Waals surface area contributed by atoms with Crippen LogP contribution in [-0.2, 0) is 4.74 Å². The van der Waals surface area contributed by atoms with E-state index in [1.807, 2.05) is 33.0 Å². The van der Waals surface area contributed by atoms with Crippen molar-refractivity contribution in [2.75, 3.05) is 6.61 Å². The molecule has 1 aliphatic rings. The molecule has 5 heteroatoms. The van der Waals surface area contributed by atoms with E-state index in [1.54, 1.807) is 11.3 Å². The lowest BCUT2D eigenvalue weighted by molar-refractivity contribution is 0.0526. The number of esters is 1. The standard InChI is InChI=1S/C19H19NO3S/c1-4-22-19(21)18-10(2)23-16-6-5-12(7-15(16)18)13-8-14(13)17-9-20-11(3)24-17/h5-7,9,13-14H,4,8H2,1-3H3. The normalized spacial score (nSPS) is 19.6. The number of furan rings is 1. The Morgan fingerprint density at radius 1 is 1.38 bits per heavy atom. The highest BCUT2D eigenvalue weighted by Crippen LogP contribution is 2.56. The quantitative estimate of drug-likeness (QED) is 0.630. The average Bonchev–Trinajstić information content (AvgIpc) is 3.11. The molecule has 1 saturated carbocycles.